The van der Waals surface area contributed by atoms with E-state index in [0.29, 0.717) is 5.02 Å². The quantitative estimate of drug-likeness (QED) is 0.779. The molecule has 0 fully saturated rings. The molecule has 0 N–H and O–H groups in total. The molecule has 0 spiro atoms. The molecule has 0 unspecified atom stereocenters. The second kappa shape index (κ2) is 6.59. The molecule has 0 atom stereocenters. The third-order valence-corrected chi connectivity index (χ3v) is 2.90. The van der Waals surface area contributed by atoms with Crippen LogP contribution in [0, 0.1) is 11.6 Å². The van der Waals surface area contributed by atoms with Crippen LogP contribution < -0.4 is 0 Å². The lowest BCUT2D eigenvalue weighted by Gasteiger charge is -2.05. The van der Waals surface area contributed by atoms with E-state index in [0.717, 1.165) is 23.8 Å². The Morgan fingerprint density at radius 3 is 2.50 bits per heavy atom. The van der Waals surface area contributed by atoms with Crippen LogP contribution in [-0.2, 0) is 11.3 Å². The lowest BCUT2D eigenvalue weighted by Crippen LogP contribution is -2.11. The molecule has 0 saturated carbocycles. The Hall–Kier alpha value is -1.78. The van der Waals surface area contributed by atoms with Gasteiger partial charge < -0.3 is 4.74 Å². The van der Waals surface area contributed by atoms with Crippen LogP contribution in [0.1, 0.15) is 15.9 Å². The highest BCUT2D eigenvalue weighted by Gasteiger charge is 2.12. The first-order valence-corrected chi connectivity index (χ1v) is 6.24. The fraction of sp³-hybridized carbons (Fsp3) is 0.133. The van der Waals surface area contributed by atoms with Gasteiger partial charge in [0.2, 0.25) is 0 Å². The molecule has 0 bridgehead atoms. The number of carbonyl (C=O) groups is 1. The van der Waals surface area contributed by atoms with E-state index in [1.54, 1.807) is 24.3 Å². The molecule has 20 heavy (non-hydrogen) atoms. The largest absolute Gasteiger partial charge is 0.369 e. The van der Waals surface area contributed by atoms with Gasteiger partial charge in [-0.05, 0) is 35.9 Å². The first kappa shape index (κ1) is 14.6. The summed E-state index contributed by atoms with van der Waals surface area (Å²) in [5.41, 5.74) is 0.531. The number of hydrogen-bond acceptors (Lipinski definition) is 2. The molecular formula is C15H11ClF2O2. The molecule has 0 aliphatic heterocycles. The van der Waals surface area contributed by atoms with Gasteiger partial charge in [0.1, 0.15) is 18.2 Å². The van der Waals surface area contributed by atoms with Crippen molar-refractivity contribution in [2.24, 2.45) is 0 Å². The summed E-state index contributed by atoms with van der Waals surface area (Å²) >= 11 is 5.74. The van der Waals surface area contributed by atoms with Crippen molar-refractivity contribution in [2.75, 3.05) is 6.61 Å². The summed E-state index contributed by atoms with van der Waals surface area (Å²) in [5.74, 6) is -2.02. The molecule has 0 heterocycles. The van der Waals surface area contributed by atoms with Crippen LogP contribution in [0.15, 0.2) is 42.5 Å². The number of Topliss-reactive ketones (excluding diaryl/α,β-unsaturated/α-hetero) is 1. The molecular weight excluding hydrogens is 286 g/mol. The van der Waals surface area contributed by atoms with Gasteiger partial charge in [-0.15, -0.1) is 0 Å². The van der Waals surface area contributed by atoms with Crippen LogP contribution in [-0.4, -0.2) is 12.4 Å². The summed E-state index contributed by atoms with van der Waals surface area (Å²) in [4.78, 5) is 11.7. The van der Waals surface area contributed by atoms with E-state index in [1.165, 1.54) is 0 Å². The molecule has 2 nitrogen and oxygen atoms in total. The molecule has 0 aliphatic carbocycles. The van der Waals surface area contributed by atoms with Gasteiger partial charge in [-0.2, -0.15) is 0 Å². The average Bonchev–Trinajstić information content (AvgIpc) is 2.43. The summed E-state index contributed by atoms with van der Waals surface area (Å²) < 4.78 is 31.5. The minimum absolute atomic E-state index is 0.194. The van der Waals surface area contributed by atoms with Crippen molar-refractivity contribution < 1.29 is 18.3 Å². The van der Waals surface area contributed by atoms with Gasteiger partial charge in [-0.3, -0.25) is 4.79 Å². The smallest absolute Gasteiger partial charge is 0.191 e. The van der Waals surface area contributed by atoms with Crippen LogP contribution in [0.3, 0.4) is 0 Å². The zero-order valence-electron chi connectivity index (χ0n) is 10.4. The molecule has 0 radical (unpaired) electrons. The fourth-order valence-corrected chi connectivity index (χ4v) is 1.76. The Balaban J connectivity index is 1.92. The summed E-state index contributed by atoms with van der Waals surface area (Å²) in [6.45, 7) is -0.122. The van der Waals surface area contributed by atoms with E-state index >= 15 is 0 Å². The van der Waals surface area contributed by atoms with Gasteiger partial charge in [0, 0.05) is 5.02 Å². The zero-order chi connectivity index (χ0) is 14.5. The van der Waals surface area contributed by atoms with Crippen LogP contribution in [0.25, 0.3) is 0 Å². The van der Waals surface area contributed by atoms with E-state index in [1.807, 2.05) is 0 Å². The maximum absolute atomic E-state index is 13.4. The van der Waals surface area contributed by atoms with Crippen molar-refractivity contribution in [3.8, 4) is 0 Å². The number of ether oxygens (including phenoxy) is 1. The first-order valence-electron chi connectivity index (χ1n) is 5.86. The summed E-state index contributed by atoms with van der Waals surface area (Å²) in [7, 11) is 0. The second-order valence-corrected chi connectivity index (χ2v) is 4.60. The maximum atomic E-state index is 13.4. The predicted octanol–water partition coefficient (Wildman–Crippen LogP) is 4.02. The summed E-state index contributed by atoms with van der Waals surface area (Å²) in [6, 6.07) is 9.67. The Morgan fingerprint density at radius 2 is 1.80 bits per heavy atom. The van der Waals surface area contributed by atoms with Crippen molar-refractivity contribution in [2.45, 2.75) is 6.61 Å². The molecule has 0 amide bonds. The monoisotopic (exact) mass is 296 g/mol. The predicted molar refractivity (Wildman–Crippen MR) is 71.8 cm³/mol. The lowest BCUT2D eigenvalue weighted by atomic mass is 10.1. The summed E-state index contributed by atoms with van der Waals surface area (Å²) in [5, 5.41) is 0.603. The van der Waals surface area contributed by atoms with E-state index in [9.17, 15) is 13.6 Å². The molecule has 104 valence electrons. The molecule has 0 saturated heterocycles. The molecule has 2 aromatic carbocycles. The van der Waals surface area contributed by atoms with Crippen molar-refractivity contribution in [3.63, 3.8) is 0 Å². The van der Waals surface area contributed by atoms with E-state index in [2.05, 4.69) is 0 Å². The van der Waals surface area contributed by atoms with Gasteiger partial charge in [0.25, 0.3) is 0 Å². The average molecular weight is 297 g/mol. The molecule has 0 aromatic heterocycles. The fourth-order valence-electron chi connectivity index (χ4n) is 1.63. The number of rotatable bonds is 5. The molecule has 2 aromatic rings. The van der Waals surface area contributed by atoms with Crippen molar-refractivity contribution in [1.29, 1.82) is 0 Å². The Kier molecular flexibility index (Phi) is 4.82. The van der Waals surface area contributed by atoms with Gasteiger partial charge in [-0.1, -0.05) is 23.7 Å². The second-order valence-electron chi connectivity index (χ2n) is 4.17. The maximum Gasteiger partial charge on any atom is 0.191 e. The minimum atomic E-state index is -0.758. The van der Waals surface area contributed by atoms with Crippen LogP contribution in [0.2, 0.25) is 5.02 Å². The zero-order valence-corrected chi connectivity index (χ0v) is 11.2. The summed E-state index contributed by atoms with van der Waals surface area (Å²) in [6.07, 6.45) is 0. The Bertz CT molecular complexity index is 612. The van der Waals surface area contributed by atoms with Crippen molar-refractivity contribution >= 4 is 17.4 Å². The van der Waals surface area contributed by atoms with Crippen LogP contribution in [0.4, 0.5) is 8.78 Å². The third kappa shape index (κ3) is 3.85. The first-order chi connectivity index (χ1) is 9.56. The van der Waals surface area contributed by atoms with Gasteiger partial charge in [0.05, 0.1) is 12.2 Å². The highest BCUT2D eigenvalue weighted by atomic mass is 35.5. The third-order valence-electron chi connectivity index (χ3n) is 2.64. The molecule has 5 heteroatoms. The Labute approximate surface area is 119 Å². The number of carbonyl (C=O) groups excluding carboxylic acids is 1. The Morgan fingerprint density at radius 1 is 1.10 bits per heavy atom. The van der Waals surface area contributed by atoms with Crippen LogP contribution in [0.5, 0.6) is 0 Å². The standard InChI is InChI=1S/C15H11ClF2O2/c16-11-3-1-10(2-4-11)8-20-9-15(19)13-7-12(17)5-6-14(13)18/h1-7H,8-9H2. The van der Waals surface area contributed by atoms with Crippen molar-refractivity contribution in [3.05, 3.63) is 70.2 Å². The number of halogens is 3. The highest BCUT2D eigenvalue weighted by Crippen LogP contribution is 2.12. The van der Waals surface area contributed by atoms with Crippen molar-refractivity contribution in [1.82, 2.24) is 0 Å². The minimum Gasteiger partial charge on any atom is -0.369 e. The van der Waals surface area contributed by atoms with E-state index in [4.69, 9.17) is 16.3 Å². The molecule has 0 aliphatic rings. The SMILES string of the molecule is O=C(COCc1ccc(Cl)cc1)c1cc(F)ccc1F. The number of hydrogen-bond donors (Lipinski definition) is 0. The number of ketones is 1. The number of benzene rings is 2. The van der Waals surface area contributed by atoms with E-state index in [-0.39, 0.29) is 18.8 Å². The van der Waals surface area contributed by atoms with Gasteiger partial charge >= 0.3 is 0 Å². The van der Waals surface area contributed by atoms with Gasteiger partial charge in [-0.25, -0.2) is 8.78 Å². The topological polar surface area (TPSA) is 26.3 Å². The molecule has 2 rings (SSSR count). The van der Waals surface area contributed by atoms with Gasteiger partial charge in [0.15, 0.2) is 5.78 Å². The van der Waals surface area contributed by atoms with E-state index < -0.39 is 17.4 Å². The normalized spacial score (nSPS) is 10.6. The van der Waals surface area contributed by atoms with Crippen LogP contribution >= 0.6 is 11.6 Å². The lowest BCUT2D eigenvalue weighted by molar-refractivity contribution is 0.0722. The highest BCUT2D eigenvalue weighted by molar-refractivity contribution is 6.30.